The highest BCUT2D eigenvalue weighted by Crippen LogP contribution is 2.50. The molecule has 2 fully saturated rings. The third-order valence-electron chi connectivity index (χ3n) is 6.16. The van der Waals surface area contributed by atoms with E-state index in [0.29, 0.717) is 11.3 Å². The second kappa shape index (κ2) is 8.79. The molecule has 2 aromatic rings. The molecule has 164 valence electrons. The number of carbonyl (C=O) groups excluding carboxylic acids is 2. The minimum atomic E-state index is 0.0101. The van der Waals surface area contributed by atoms with E-state index in [-0.39, 0.29) is 17.7 Å². The normalized spacial score (nSPS) is 22.7. The van der Waals surface area contributed by atoms with Crippen molar-refractivity contribution in [1.29, 1.82) is 0 Å². The molecule has 0 atom stereocenters. The predicted octanol–water partition coefficient (Wildman–Crippen LogP) is 6.20. The van der Waals surface area contributed by atoms with Crippen molar-refractivity contribution >= 4 is 51.8 Å². The van der Waals surface area contributed by atoms with E-state index in [2.05, 4.69) is 17.0 Å². The summed E-state index contributed by atoms with van der Waals surface area (Å²) >= 11 is 3.11. The number of benzene rings is 2. The third kappa shape index (κ3) is 3.88. The summed E-state index contributed by atoms with van der Waals surface area (Å²) in [6.45, 7) is 1.56. The van der Waals surface area contributed by atoms with Crippen molar-refractivity contribution in [3.63, 3.8) is 0 Å². The highest BCUT2D eigenvalue weighted by Gasteiger charge is 2.42. The molecule has 5 nitrogen and oxygen atoms in total. The van der Waals surface area contributed by atoms with Gasteiger partial charge < -0.3 is 4.90 Å². The zero-order chi connectivity index (χ0) is 22.2. The summed E-state index contributed by atoms with van der Waals surface area (Å²) in [7, 11) is 2.02. The standard InChI is InChI=1S/C25H25N3O2S2/c1-16(29)17-9-8-10-18(15-17)26-25-28(19-11-4-3-5-12-19)23(30)22(32-25)24-27(2)20-13-6-7-14-21(20)31-24/h6-10,13-15,19H,3-5,11-12H2,1-2H3/b24-22-,26-25?. The van der Waals surface area contributed by atoms with Crippen LogP contribution < -0.4 is 4.90 Å². The molecule has 1 saturated carbocycles. The van der Waals surface area contributed by atoms with Crippen molar-refractivity contribution < 1.29 is 9.59 Å². The first kappa shape index (κ1) is 21.3. The molecule has 1 aliphatic carbocycles. The van der Waals surface area contributed by atoms with Crippen LogP contribution in [-0.4, -0.2) is 34.8 Å². The van der Waals surface area contributed by atoms with Crippen LogP contribution in [0.4, 0.5) is 11.4 Å². The molecule has 0 radical (unpaired) electrons. The van der Waals surface area contributed by atoms with Crippen molar-refractivity contribution in [1.82, 2.24) is 4.90 Å². The fourth-order valence-electron chi connectivity index (χ4n) is 4.46. The second-order valence-electron chi connectivity index (χ2n) is 8.33. The average Bonchev–Trinajstić information content (AvgIpc) is 3.31. The maximum atomic E-state index is 13.7. The Labute approximate surface area is 197 Å². The van der Waals surface area contributed by atoms with Crippen molar-refractivity contribution in [3.05, 3.63) is 64.0 Å². The Morgan fingerprint density at radius 1 is 1.03 bits per heavy atom. The maximum Gasteiger partial charge on any atom is 0.269 e. The monoisotopic (exact) mass is 463 g/mol. The van der Waals surface area contributed by atoms with Crippen LogP contribution in [0.15, 0.2) is 68.4 Å². The van der Waals surface area contributed by atoms with Gasteiger partial charge in [-0.3, -0.25) is 14.5 Å². The number of hydrogen-bond donors (Lipinski definition) is 0. The minimum Gasteiger partial charge on any atom is -0.337 e. The summed E-state index contributed by atoms with van der Waals surface area (Å²) in [6, 6.07) is 15.7. The van der Waals surface area contributed by atoms with Crippen molar-refractivity contribution in [2.45, 2.75) is 50.0 Å². The molecule has 3 aliphatic rings. The molecule has 0 N–H and O–H groups in total. The van der Waals surface area contributed by atoms with E-state index in [1.807, 2.05) is 36.2 Å². The molecule has 5 rings (SSSR count). The fraction of sp³-hybridized carbons (Fsp3) is 0.320. The number of hydrogen-bond acceptors (Lipinski definition) is 6. The number of para-hydroxylation sites is 1. The van der Waals surface area contributed by atoms with Gasteiger partial charge in [-0.05, 0) is 55.8 Å². The Morgan fingerprint density at radius 3 is 2.56 bits per heavy atom. The summed E-state index contributed by atoms with van der Waals surface area (Å²) in [4.78, 5) is 36.4. The highest BCUT2D eigenvalue weighted by atomic mass is 32.2. The zero-order valence-corrected chi connectivity index (χ0v) is 19.8. The lowest BCUT2D eigenvalue weighted by molar-refractivity contribution is -0.124. The zero-order valence-electron chi connectivity index (χ0n) is 18.2. The number of fused-ring (bicyclic) bond motifs is 1. The molecule has 7 heteroatoms. The number of aliphatic imine (C=N–C) groups is 1. The van der Waals surface area contributed by atoms with Gasteiger partial charge in [0.25, 0.3) is 5.91 Å². The van der Waals surface area contributed by atoms with Crippen LogP contribution in [0.25, 0.3) is 0 Å². The Hall–Kier alpha value is -2.51. The molecule has 2 aliphatic heterocycles. The van der Waals surface area contributed by atoms with Gasteiger partial charge in [-0.15, -0.1) is 0 Å². The van der Waals surface area contributed by atoms with Gasteiger partial charge in [-0.25, -0.2) is 4.99 Å². The van der Waals surface area contributed by atoms with Crippen LogP contribution in [0, 0.1) is 0 Å². The maximum absolute atomic E-state index is 13.7. The van der Waals surface area contributed by atoms with Gasteiger partial charge in [-0.1, -0.05) is 55.3 Å². The highest BCUT2D eigenvalue weighted by molar-refractivity contribution is 8.19. The number of Topliss-reactive ketones (excluding diaryl/α,β-unsaturated/α-hetero) is 1. The molecule has 0 bridgehead atoms. The summed E-state index contributed by atoms with van der Waals surface area (Å²) in [5.41, 5.74) is 2.46. The minimum absolute atomic E-state index is 0.0101. The van der Waals surface area contributed by atoms with Crippen molar-refractivity contribution in [2.75, 3.05) is 11.9 Å². The number of amides is 1. The Bertz CT molecular complexity index is 1150. The molecule has 1 saturated heterocycles. The molecule has 2 heterocycles. The van der Waals surface area contributed by atoms with Gasteiger partial charge in [0.1, 0.15) is 4.91 Å². The Kier molecular flexibility index (Phi) is 5.86. The molecular weight excluding hydrogens is 438 g/mol. The number of nitrogens with zero attached hydrogens (tertiary/aromatic N) is 3. The van der Waals surface area contributed by atoms with Gasteiger partial charge in [-0.2, -0.15) is 0 Å². The number of thioether (sulfide) groups is 2. The number of rotatable bonds is 3. The van der Waals surface area contributed by atoms with E-state index in [0.717, 1.165) is 51.4 Å². The number of anilines is 1. The topological polar surface area (TPSA) is 53.0 Å². The predicted molar refractivity (Wildman–Crippen MR) is 133 cm³/mol. The summed E-state index contributed by atoms with van der Waals surface area (Å²) in [5, 5.41) is 1.68. The Balaban J connectivity index is 1.56. The number of ketones is 1. The van der Waals surface area contributed by atoms with Gasteiger partial charge in [0, 0.05) is 23.5 Å². The first-order valence-electron chi connectivity index (χ1n) is 11.0. The second-order valence-corrected chi connectivity index (χ2v) is 10.3. The van der Waals surface area contributed by atoms with E-state index >= 15 is 0 Å². The number of carbonyl (C=O) groups is 2. The lowest BCUT2D eigenvalue weighted by Gasteiger charge is -2.30. The molecule has 0 unspecified atom stereocenters. The molecule has 32 heavy (non-hydrogen) atoms. The van der Waals surface area contributed by atoms with Crippen molar-refractivity contribution in [3.8, 4) is 0 Å². The van der Waals surface area contributed by atoms with Crippen LogP contribution in [0.2, 0.25) is 0 Å². The summed E-state index contributed by atoms with van der Waals surface area (Å²) < 4.78 is 0. The summed E-state index contributed by atoms with van der Waals surface area (Å²) in [5.74, 6) is 0.0569. The molecule has 0 aromatic heterocycles. The summed E-state index contributed by atoms with van der Waals surface area (Å²) in [6.07, 6.45) is 5.51. The molecular formula is C25H25N3O2S2. The largest absolute Gasteiger partial charge is 0.337 e. The third-order valence-corrected chi connectivity index (χ3v) is 8.57. The fourth-order valence-corrected chi connectivity index (χ4v) is 6.86. The van der Waals surface area contributed by atoms with E-state index < -0.39 is 0 Å². The molecule has 0 spiro atoms. The van der Waals surface area contributed by atoms with E-state index in [4.69, 9.17) is 4.99 Å². The van der Waals surface area contributed by atoms with Gasteiger partial charge in [0.15, 0.2) is 11.0 Å². The van der Waals surface area contributed by atoms with Crippen LogP contribution in [0.3, 0.4) is 0 Å². The number of amidine groups is 1. The quantitative estimate of drug-likeness (QED) is 0.401. The van der Waals surface area contributed by atoms with Crippen LogP contribution in [0.5, 0.6) is 0 Å². The van der Waals surface area contributed by atoms with Gasteiger partial charge in [0.2, 0.25) is 0 Å². The van der Waals surface area contributed by atoms with E-state index in [1.54, 1.807) is 30.8 Å². The lowest BCUT2D eigenvalue weighted by atomic mass is 9.94. The van der Waals surface area contributed by atoms with Crippen LogP contribution in [-0.2, 0) is 4.79 Å². The first-order valence-corrected chi connectivity index (χ1v) is 12.6. The first-order chi connectivity index (χ1) is 15.5. The average molecular weight is 464 g/mol. The van der Waals surface area contributed by atoms with Crippen LogP contribution >= 0.6 is 23.5 Å². The van der Waals surface area contributed by atoms with E-state index in [1.165, 1.54) is 18.2 Å². The smallest absolute Gasteiger partial charge is 0.269 e. The molecule has 2 aromatic carbocycles. The van der Waals surface area contributed by atoms with Gasteiger partial charge in [0.05, 0.1) is 16.4 Å². The van der Waals surface area contributed by atoms with Crippen molar-refractivity contribution in [2.24, 2.45) is 4.99 Å². The SMILES string of the molecule is CC(=O)c1cccc(N=C2S/C(=C3\Sc4ccccc4N3C)C(=O)N2C2CCCCC2)c1. The van der Waals surface area contributed by atoms with Crippen LogP contribution in [0.1, 0.15) is 49.4 Å². The van der Waals surface area contributed by atoms with Gasteiger partial charge >= 0.3 is 0 Å². The Morgan fingerprint density at radius 2 is 1.81 bits per heavy atom. The lowest BCUT2D eigenvalue weighted by Crippen LogP contribution is -2.40. The molecule has 1 amide bonds. The van der Waals surface area contributed by atoms with E-state index in [9.17, 15) is 9.59 Å².